The highest BCUT2D eigenvalue weighted by Gasteiger charge is 2.56. The fraction of sp³-hybridized carbons (Fsp3) is 0.640. The number of benzene rings is 1. The first kappa shape index (κ1) is 23.3. The van der Waals surface area contributed by atoms with Gasteiger partial charge in [-0.05, 0) is 47.1 Å². The van der Waals surface area contributed by atoms with Gasteiger partial charge >= 0.3 is 6.03 Å². The monoisotopic (exact) mass is 427 g/mol. The zero-order chi connectivity index (χ0) is 23.2. The molecule has 2 fully saturated rings. The molecule has 1 aliphatic carbocycles. The third-order valence-corrected chi connectivity index (χ3v) is 6.58. The molecule has 1 aromatic carbocycles. The van der Waals surface area contributed by atoms with Crippen molar-refractivity contribution in [2.75, 3.05) is 13.6 Å². The molecule has 170 valence electrons. The van der Waals surface area contributed by atoms with Crippen molar-refractivity contribution in [3.05, 3.63) is 35.4 Å². The van der Waals surface area contributed by atoms with E-state index in [1.807, 2.05) is 12.1 Å². The third-order valence-electron chi connectivity index (χ3n) is 6.58. The Labute approximate surface area is 186 Å². The summed E-state index contributed by atoms with van der Waals surface area (Å²) in [7, 11) is 1.71. The summed E-state index contributed by atoms with van der Waals surface area (Å²) in [5, 5.41) is 2.94. The van der Waals surface area contributed by atoms with E-state index in [1.165, 1.54) is 5.56 Å². The van der Waals surface area contributed by atoms with Gasteiger partial charge in [0.05, 0.1) is 0 Å². The van der Waals surface area contributed by atoms with Crippen LogP contribution in [-0.2, 0) is 21.5 Å². The molecule has 0 aromatic heterocycles. The second-order valence-electron chi connectivity index (χ2n) is 11.5. The first-order valence-corrected chi connectivity index (χ1v) is 11.2. The van der Waals surface area contributed by atoms with Crippen LogP contribution in [0, 0.1) is 11.3 Å². The van der Waals surface area contributed by atoms with Crippen molar-refractivity contribution in [2.45, 2.75) is 78.3 Å². The maximum atomic E-state index is 13.2. The standard InChI is InChI=1S/C25H37N3O3/c1-17-12-24(5,6)16-25(13-17)21(30)28(22(31)26-25)15-20(29)27(7)14-18-8-10-19(11-9-18)23(2,3)4/h8-11,17H,12-16H2,1-7H3,(H,26,31). The topological polar surface area (TPSA) is 69.7 Å². The van der Waals surface area contributed by atoms with E-state index in [-0.39, 0.29) is 29.2 Å². The summed E-state index contributed by atoms with van der Waals surface area (Å²) in [5.74, 6) is -0.167. The van der Waals surface area contributed by atoms with Gasteiger partial charge in [0.25, 0.3) is 5.91 Å². The maximum absolute atomic E-state index is 13.2. The van der Waals surface area contributed by atoms with E-state index >= 15 is 0 Å². The Morgan fingerprint density at radius 2 is 1.77 bits per heavy atom. The fourth-order valence-electron chi connectivity index (χ4n) is 5.38. The molecule has 1 aromatic rings. The van der Waals surface area contributed by atoms with Crippen LogP contribution in [0.1, 0.15) is 71.9 Å². The van der Waals surface area contributed by atoms with E-state index in [9.17, 15) is 14.4 Å². The molecule has 1 saturated heterocycles. The Balaban J connectivity index is 1.66. The van der Waals surface area contributed by atoms with Gasteiger partial charge in [-0.25, -0.2) is 4.79 Å². The Morgan fingerprint density at radius 1 is 1.16 bits per heavy atom. The molecule has 1 saturated carbocycles. The molecule has 0 bridgehead atoms. The lowest BCUT2D eigenvalue weighted by atomic mass is 9.64. The van der Waals surface area contributed by atoms with Gasteiger partial charge in [0.1, 0.15) is 12.1 Å². The number of likely N-dealkylation sites (N-methyl/N-ethyl adjacent to an activating group) is 1. The molecule has 31 heavy (non-hydrogen) atoms. The minimum atomic E-state index is -0.875. The number of hydrogen-bond acceptors (Lipinski definition) is 3. The van der Waals surface area contributed by atoms with Crippen LogP contribution >= 0.6 is 0 Å². The van der Waals surface area contributed by atoms with Gasteiger partial charge < -0.3 is 10.2 Å². The van der Waals surface area contributed by atoms with Gasteiger partial charge in [-0.2, -0.15) is 0 Å². The number of hydrogen-bond donors (Lipinski definition) is 1. The maximum Gasteiger partial charge on any atom is 0.325 e. The number of carbonyl (C=O) groups excluding carboxylic acids is 3. The molecule has 3 rings (SSSR count). The molecule has 1 aliphatic heterocycles. The normalized spacial score (nSPS) is 25.6. The van der Waals surface area contributed by atoms with Crippen molar-refractivity contribution < 1.29 is 14.4 Å². The van der Waals surface area contributed by atoms with Crippen molar-refractivity contribution in [1.82, 2.24) is 15.1 Å². The van der Waals surface area contributed by atoms with E-state index in [1.54, 1.807) is 11.9 Å². The highest BCUT2D eigenvalue weighted by molar-refractivity contribution is 6.09. The summed E-state index contributed by atoms with van der Waals surface area (Å²) in [6, 6.07) is 7.77. The molecular weight excluding hydrogens is 390 g/mol. The van der Waals surface area contributed by atoms with Crippen molar-refractivity contribution in [3.8, 4) is 0 Å². The van der Waals surface area contributed by atoms with Crippen LogP contribution in [0.2, 0.25) is 0 Å². The van der Waals surface area contributed by atoms with Crippen molar-refractivity contribution in [2.24, 2.45) is 11.3 Å². The zero-order valence-electron chi connectivity index (χ0n) is 20.0. The molecule has 1 N–H and O–H groups in total. The van der Waals surface area contributed by atoms with Gasteiger partial charge in [-0.3, -0.25) is 14.5 Å². The predicted molar refractivity (Wildman–Crippen MR) is 121 cm³/mol. The largest absolute Gasteiger partial charge is 0.340 e. The van der Waals surface area contributed by atoms with E-state index in [0.29, 0.717) is 25.3 Å². The number of amides is 4. The third kappa shape index (κ3) is 4.94. The molecular formula is C25H37N3O3. The summed E-state index contributed by atoms with van der Waals surface area (Å²) in [6.07, 6.45) is 2.25. The smallest absolute Gasteiger partial charge is 0.325 e. The van der Waals surface area contributed by atoms with Crippen molar-refractivity contribution in [3.63, 3.8) is 0 Å². The van der Waals surface area contributed by atoms with Gasteiger partial charge in [0, 0.05) is 13.6 Å². The Morgan fingerprint density at radius 3 is 2.32 bits per heavy atom. The van der Waals surface area contributed by atoms with Crippen LogP contribution in [0.5, 0.6) is 0 Å². The average molecular weight is 428 g/mol. The highest BCUT2D eigenvalue weighted by atomic mass is 16.2. The molecule has 6 nitrogen and oxygen atoms in total. The number of imide groups is 1. The lowest BCUT2D eigenvalue weighted by molar-refractivity contribution is -0.140. The number of nitrogens with one attached hydrogen (secondary N) is 1. The van der Waals surface area contributed by atoms with E-state index < -0.39 is 11.6 Å². The lowest BCUT2D eigenvalue weighted by Gasteiger charge is -2.43. The lowest BCUT2D eigenvalue weighted by Crippen LogP contribution is -2.54. The molecule has 2 atom stereocenters. The van der Waals surface area contributed by atoms with Gasteiger partial charge in [0.15, 0.2) is 0 Å². The molecule has 0 radical (unpaired) electrons. The summed E-state index contributed by atoms with van der Waals surface area (Å²) in [6.45, 7) is 13.1. The molecule has 2 unspecified atom stereocenters. The van der Waals surface area contributed by atoms with Gasteiger partial charge in [-0.15, -0.1) is 0 Å². The van der Waals surface area contributed by atoms with Crippen LogP contribution in [-0.4, -0.2) is 46.8 Å². The van der Waals surface area contributed by atoms with Crippen LogP contribution in [0.4, 0.5) is 4.79 Å². The minimum absolute atomic E-state index is 0.0311. The van der Waals surface area contributed by atoms with Crippen molar-refractivity contribution in [1.29, 1.82) is 0 Å². The van der Waals surface area contributed by atoms with Crippen LogP contribution in [0.15, 0.2) is 24.3 Å². The quantitative estimate of drug-likeness (QED) is 0.736. The summed E-state index contributed by atoms with van der Waals surface area (Å²) in [4.78, 5) is 41.4. The Kier molecular flexibility index (Phi) is 5.98. The van der Waals surface area contributed by atoms with Crippen LogP contribution < -0.4 is 5.32 Å². The molecule has 6 heteroatoms. The zero-order valence-corrected chi connectivity index (χ0v) is 20.0. The summed E-state index contributed by atoms with van der Waals surface area (Å²) >= 11 is 0. The summed E-state index contributed by atoms with van der Waals surface area (Å²) < 4.78 is 0. The highest BCUT2D eigenvalue weighted by Crippen LogP contribution is 2.46. The van der Waals surface area contributed by atoms with E-state index in [0.717, 1.165) is 16.9 Å². The minimum Gasteiger partial charge on any atom is -0.340 e. The van der Waals surface area contributed by atoms with E-state index in [4.69, 9.17) is 0 Å². The molecule has 2 aliphatic rings. The van der Waals surface area contributed by atoms with Gasteiger partial charge in [0.2, 0.25) is 5.91 Å². The average Bonchev–Trinajstić information content (AvgIpc) is 2.82. The van der Waals surface area contributed by atoms with Crippen molar-refractivity contribution >= 4 is 17.8 Å². The molecule has 1 spiro atoms. The molecule has 1 heterocycles. The number of nitrogens with zero attached hydrogens (tertiary/aromatic N) is 2. The Hall–Kier alpha value is -2.37. The summed E-state index contributed by atoms with van der Waals surface area (Å²) in [5.41, 5.74) is 1.42. The Bertz CT molecular complexity index is 869. The van der Waals surface area contributed by atoms with Crippen LogP contribution in [0.3, 0.4) is 0 Å². The predicted octanol–water partition coefficient (Wildman–Crippen LogP) is 4.08. The number of urea groups is 1. The first-order chi connectivity index (χ1) is 14.2. The SMILES string of the molecule is CC1CC(C)(C)CC2(C1)NC(=O)N(CC(=O)N(C)Cc1ccc(C(C)(C)C)cc1)C2=O. The fourth-order valence-corrected chi connectivity index (χ4v) is 5.38. The number of rotatable bonds is 4. The van der Waals surface area contributed by atoms with E-state index in [2.05, 4.69) is 59.0 Å². The van der Waals surface area contributed by atoms with Crippen LogP contribution in [0.25, 0.3) is 0 Å². The molecule has 4 amide bonds. The first-order valence-electron chi connectivity index (χ1n) is 11.2. The van der Waals surface area contributed by atoms with Gasteiger partial charge in [-0.1, -0.05) is 65.8 Å². The second-order valence-corrected chi connectivity index (χ2v) is 11.5. The second kappa shape index (κ2) is 7.95. The number of carbonyl (C=O) groups is 3.